The van der Waals surface area contributed by atoms with Gasteiger partial charge in [0.1, 0.15) is 0 Å². The van der Waals surface area contributed by atoms with E-state index >= 15 is 0 Å². The standard InChI is InChI=1S/C15H32O2/c1-3-15(17,4-2)13-11-9-7-5-6-8-10-12-14-16/h16-17H,3-14H2,1-2H3. The lowest BCUT2D eigenvalue weighted by Gasteiger charge is -2.24. The second kappa shape index (κ2) is 11.0. The van der Waals surface area contributed by atoms with Crippen molar-refractivity contribution in [2.24, 2.45) is 0 Å². The van der Waals surface area contributed by atoms with Crippen molar-refractivity contribution < 1.29 is 10.2 Å². The van der Waals surface area contributed by atoms with Gasteiger partial charge in [-0.05, 0) is 25.7 Å². The van der Waals surface area contributed by atoms with Crippen LogP contribution in [0.2, 0.25) is 0 Å². The molecule has 0 radical (unpaired) electrons. The van der Waals surface area contributed by atoms with Crippen LogP contribution >= 0.6 is 0 Å². The molecule has 2 nitrogen and oxygen atoms in total. The van der Waals surface area contributed by atoms with E-state index in [1.165, 1.54) is 38.5 Å². The van der Waals surface area contributed by atoms with E-state index in [9.17, 15) is 5.11 Å². The molecular formula is C15H32O2. The van der Waals surface area contributed by atoms with Crippen molar-refractivity contribution in [1.82, 2.24) is 0 Å². The summed E-state index contributed by atoms with van der Waals surface area (Å²) in [5.74, 6) is 0. The van der Waals surface area contributed by atoms with E-state index in [2.05, 4.69) is 13.8 Å². The average Bonchev–Trinajstić information content (AvgIpc) is 2.36. The lowest BCUT2D eigenvalue weighted by Crippen LogP contribution is -2.26. The van der Waals surface area contributed by atoms with Gasteiger partial charge in [-0.2, -0.15) is 0 Å². The van der Waals surface area contributed by atoms with Gasteiger partial charge in [-0.1, -0.05) is 58.8 Å². The molecule has 2 N–H and O–H groups in total. The fourth-order valence-corrected chi connectivity index (χ4v) is 2.23. The molecule has 0 aromatic heterocycles. The van der Waals surface area contributed by atoms with Gasteiger partial charge in [0.2, 0.25) is 0 Å². The number of unbranched alkanes of at least 4 members (excludes halogenated alkanes) is 7. The molecule has 2 heteroatoms. The Bertz CT molecular complexity index is 153. The minimum Gasteiger partial charge on any atom is -0.396 e. The Morgan fingerprint density at radius 2 is 1.12 bits per heavy atom. The summed E-state index contributed by atoms with van der Waals surface area (Å²) in [5.41, 5.74) is -0.402. The van der Waals surface area contributed by atoms with Gasteiger partial charge < -0.3 is 10.2 Å². The molecule has 104 valence electrons. The lowest BCUT2D eigenvalue weighted by atomic mass is 9.90. The molecule has 0 bridgehead atoms. The molecule has 0 aliphatic carbocycles. The SMILES string of the molecule is CCC(O)(CC)CCCCCCCCCCO. The zero-order valence-electron chi connectivity index (χ0n) is 11.9. The second-order valence-corrected chi connectivity index (χ2v) is 5.23. The van der Waals surface area contributed by atoms with E-state index in [-0.39, 0.29) is 0 Å². The Hall–Kier alpha value is -0.0800. The van der Waals surface area contributed by atoms with Crippen molar-refractivity contribution >= 4 is 0 Å². The van der Waals surface area contributed by atoms with Crippen molar-refractivity contribution in [1.29, 1.82) is 0 Å². The van der Waals surface area contributed by atoms with Crippen LogP contribution < -0.4 is 0 Å². The molecule has 0 aromatic rings. The molecule has 0 aliphatic rings. The van der Waals surface area contributed by atoms with Crippen LogP contribution in [0.4, 0.5) is 0 Å². The minimum absolute atomic E-state index is 0.340. The summed E-state index contributed by atoms with van der Waals surface area (Å²) in [4.78, 5) is 0. The van der Waals surface area contributed by atoms with Crippen LogP contribution in [0.25, 0.3) is 0 Å². The molecule has 0 aromatic carbocycles. The van der Waals surface area contributed by atoms with Gasteiger partial charge in [0.15, 0.2) is 0 Å². The van der Waals surface area contributed by atoms with Gasteiger partial charge in [-0.15, -0.1) is 0 Å². The van der Waals surface area contributed by atoms with E-state index in [0.29, 0.717) is 6.61 Å². The number of hydrogen-bond acceptors (Lipinski definition) is 2. The van der Waals surface area contributed by atoms with E-state index in [1.807, 2.05) is 0 Å². The molecule has 0 heterocycles. The predicted octanol–water partition coefficient (Wildman–Crippen LogP) is 4.04. The summed E-state index contributed by atoms with van der Waals surface area (Å²) < 4.78 is 0. The Labute approximate surface area is 107 Å². The van der Waals surface area contributed by atoms with Gasteiger partial charge in [0.25, 0.3) is 0 Å². The van der Waals surface area contributed by atoms with Crippen molar-refractivity contribution in [3.05, 3.63) is 0 Å². The van der Waals surface area contributed by atoms with Gasteiger partial charge in [-0.3, -0.25) is 0 Å². The number of rotatable bonds is 12. The zero-order chi connectivity index (χ0) is 13.0. The minimum atomic E-state index is -0.402. The molecule has 17 heavy (non-hydrogen) atoms. The highest BCUT2D eigenvalue weighted by Gasteiger charge is 2.20. The lowest BCUT2D eigenvalue weighted by molar-refractivity contribution is 0.0211. The van der Waals surface area contributed by atoms with E-state index in [4.69, 9.17) is 5.11 Å². The van der Waals surface area contributed by atoms with Gasteiger partial charge in [-0.25, -0.2) is 0 Å². The topological polar surface area (TPSA) is 40.5 Å². The third-order valence-corrected chi connectivity index (χ3v) is 3.87. The average molecular weight is 244 g/mol. The first-order valence-electron chi connectivity index (χ1n) is 7.51. The molecule has 0 fully saturated rings. The maximum Gasteiger partial charge on any atom is 0.0642 e. The molecular weight excluding hydrogens is 212 g/mol. The fourth-order valence-electron chi connectivity index (χ4n) is 2.23. The van der Waals surface area contributed by atoms with E-state index in [1.54, 1.807) is 0 Å². The summed E-state index contributed by atoms with van der Waals surface area (Å²) in [5, 5.41) is 18.7. The highest BCUT2D eigenvalue weighted by atomic mass is 16.3. The first-order chi connectivity index (χ1) is 8.18. The van der Waals surface area contributed by atoms with E-state index in [0.717, 1.165) is 32.1 Å². The Morgan fingerprint density at radius 3 is 1.53 bits per heavy atom. The van der Waals surface area contributed by atoms with Crippen LogP contribution in [0.3, 0.4) is 0 Å². The second-order valence-electron chi connectivity index (χ2n) is 5.23. The van der Waals surface area contributed by atoms with Crippen LogP contribution in [-0.4, -0.2) is 22.4 Å². The van der Waals surface area contributed by atoms with Crippen molar-refractivity contribution in [2.75, 3.05) is 6.61 Å². The molecule has 0 rings (SSSR count). The summed E-state index contributed by atoms with van der Waals surface area (Å²) in [6, 6.07) is 0. The predicted molar refractivity (Wildman–Crippen MR) is 74.2 cm³/mol. The van der Waals surface area contributed by atoms with Crippen LogP contribution in [0.15, 0.2) is 0 Å². The van der Waals surface area contributed by atoms with Crippen LogP contribution in [0, 0.1) is 0 Å². The molecule has 0 atom stereocenters. The van der Waals surface area contributed by atoms with Gasteiger partial charge in [0.05, 0.1) is 5.60 Å². The molecule has 0 aliphatic heterocycles. The smallest absolute Gasteiger partial charge is 0.0642 e. The van der Waals surface area contributed by atoms with Crippen LogP contribution in [0.1, 0.15) is 84.5 Å². The summed E-state index contributed by atoms with van der Waals surface area (Å²) in [6.45, 7) is 4.49. The first-order valence-corrected chi connectivity index (χ1v) is 7.51. The first kappa shape index (κ1) is 16.9. The monoisotopic (exact) mass is 244 g/mol. The maximum absolute atomic E-state index is 10.1. The molecule has 0 saturated carbocycles. The Morgan fingerprint density at radius 1 is 0.706 bits per heavy atom. The van der Waals surface area contributed by atoms with Gasteiger partial charge in [0, 0.05) is 6.61 Å². The summed E-state index contributed by atoms with van der Waals surface area (Å²) in [6.07, 6.45) is 12.4. The van der Waals surface area contributed by atoms with Crippen molar-refractivity contribution in [2.45, 2.75) is 90.1 Å². The highest BCUT2D eigenvalue weighted by molar-refractivity contribution is 4.74. The quantitative estimate of drug-likeness (QED) is 0.509. The number of aliphatic hydroxyl groups excluding tert-OH is 1. The highest BCUT2D eigenvalue weighted by Crippen LogP contribution is 2.22. The summed E-state index contributed by atoms with van der Waals surface area (Å²) in [7, 11) is 0. The number of hydrogen-bond donors (Lipinski definition) is 2. The normalized spacial score (nSPS) is 12.0. The van der Waals surface area contributed by atoms with Crippen LogP contribution in [0.5, 0.6) is 0 Å². The zero-order valence-corrected chi connectivity index (χ0v) is 11.9. The maximum atomic E-state index is 10.1. The third-order valence-electron chi connectivity index (χ3n) is 3.87. The Kier molecular flexibility index (Phi) is 11.0. The van der Waals surface area contributed by atoms with Crippen LogP contribution in [-0.2, 0) is 0 Å². The van der Waals surface area contributed by atoms with Gasteiger partial charge >= 0.3 is 0 Å². The van der Waals surface area contributed by atoms with E-state index < -0.39 is 5.60 Å². The van der Waals surface area contributed by atoms with Crippen molar-refractivity contribution in [3.63, 3.8) is 0 Å². The number of aliphatic hydroxyl groups is 2. The molecule has 0 spiro atoms. The third kappa shape index (κ3) is 9.61. The largest absolute Gasteiger partial charge is 0.396 e. The molecule has 0 amide bonds. The Balaban J connectivity index is 3.23. The molecule has 0 saturated heterocycles. The fraction of sp³-hybridized carbons (Fsp3) is 1.00. The summed E-state index contributed by atoms with van der Waals surface area (Å²) >= 11 is 0. The van der Waals surface area contributed by atoms with Crippen molar-refractivity contribution in [3.8, 4) is 0 Å². The molecule has 0 unspecified atom stereocenters.